The summed E-state index contributed by atoms with van der Waals surface area (Å²) in [6, 6.07) is 7.20. The van der Waals surface area contributed by atoms with Crippen LogP contribution in [0, 0.1) is 0 Å². The van der Waals surface area contributed by atoms with Gasteiger partial charge in [-0.25, -0.2) is 0 Å². The van der Waals surface area contributed by atoms with Gasteiger partial charge >= 0.3 is 6.18 Å². The molecule has 17 heavy (non-hydrogen) atoms. The number of halogens is 3. The summed E-state index contributed by atoms with van der Waals surface area (Å²) in [5, 5.41) is 0. The summed E-state index contributed by atoms with van der Waals surface area (Å²) < 4.78 is 40.9. The van der Waals surface area contributed by atoms with E-state index in [9.17, 15) is 22.8 Å². The number of alkyl halides is 3. The summed E-state index contributed by atoms with van der Waals surface area (Å²) in [4.78, 5) is 22.6. The normalized spacial score (nSPS) is 13.2. The van der Waals surface area contributed by atoms with Crippen molar-refractivity contribution in [3.05, 3.63) is 35.9 Å². The van der Waals surface area contributed by atoms with Gasteiger partial charge in [0.1, 0.15) is 0 Å². The zero-order valence-electron chi connectivity index (χ0n) is 8.82. The largest absolute Gasteiger partial charge is 0.453 e. The Hall–Kier alpha value is -1.69. The maximum Gasteiger partial charge on any atom is 0.453 e. The minimum absolute atomic E-state index is 0.00282. The van der Waals surface area contributed by atoms with Gasteiger partial charge in [0.2, 0.25) is 0 Å². The van der Waals surface area contributed by atoms with Crippen LogP contribution in [0.2, 0.25) is 0 Å². The minimum atomic E-state index is -5.09. The number of hydrogen-bond acceptors (Lipinski definition) is 3. The van der Waals surface area contributed by atoms with E-state index in [4.69, 9.17) is 0 Å². The van der Waals surface area contributed by atoms with Gasteiger partial charge in [0.15, 0.2) is 11.9 Å². The number of hydrogen-bond donors (Lipinski definition) is 0. The van der Waals surface area contributed by atoms with Crippen LogP contribution in [-0.2, 0) is 9.53 Å². The number of ether oxygens (including phenoxy) is 1. The van der Waals surface area contributed by atoms with Crippen LogP contribution < -0.4 is 0 Å². The summed E-state index contributed by atoms with van der Waals surface area (Å²) in [6.45, 7) is 0. The van der Waals surface area contributed by atoms with Gasteiger partial charge in [-0.3, -0.25) is 9.59 Å². The van der Waals surface area contributed by atoms with Crippen LogP contribution in [0.25, 0.3) is 0 Å². The highest BCUT2D eigenvalue weighted by atomic mass is 19.4. The Morgan fingerprint density at radius 3 is 2.12 bits per heavy atom. The Balaban J connectivity index is 2.97. The zero-order valence-corrected chi connectivity index (χ0v) is 8.82. The molecule has 0 N–H and O–H groups in total. The molecule has 3 nitrogen and oxygen atoms in total. The van der Waals surface area contributed by atoms with Gasteiger partial charge in [0, 0.05) is 12.7 Å². The van der Waals surface area contributed by atoms with Crippen molar-refractivity contribution in [1.82, 2.24) is 0 Å². The number of methoxy groups -OCH3 is 1. The quantitative estimate of drug-likeness (QED) is 0.603. The smallest absolute Gasteiger partial charge is 0.365 e. The average Bonchev–Trinajstić information content (AvgIpc) is 2.29. The predicted molar refractivity (Wildman–Crippen MR) is 52.6 cm³/mol. The topological polar surface area (TPSA) is 43.4 Å². The van der Waals surface area contributed by atoms with E-state index in [-0.39, 0.29) is 5.56 Å². The Kier molecular flexibility index (Phi) is 4.01. The maximum atomic E-state index is 12.2. The molecule has 0 aliphatic rings. The monoisotopic (exact) mass is 246 g/mol. The maximum absolute atomic E-state index is 12.2. The third-order valence-corrected chi connectivity index (χ3v) is 2.05. The lowest BCUT2D eigenvalue weighted by molar-refractivity contribution is -0.178. The van der Waals surface area contributed by atoms with Crippen LogP contribution in [0.3, 0.4) is 0 Å². The molecule has 92 valence electrons. The molecule has 1 aromatic carbocycles. The summed E-state index contributed by atoms with van der Waals surface area (Å²) >= 11 is 0. The molecule has 0 saturated carbocycles. The first kappa shape index (κ1) is 13.4. The number of benzene rings is 1. The number of ketones is 2. The molecule has 0 spiro atoms. The second-order valence-electron chi connectivity index (χ2n) is 3.21. The van der Waals surface area contributed by atoms with Crippen LogP contribution in [-0.4, -0.2) is 31.0 Å². The summed E-state index contributed by atoms with van der Waals surface area (Å²) in [5.74, 6) is -3.20. The summed E-state index contributed by atoms with van der Waals surface area (Å²) in [6.07, 6.45) is -7.23. The lowest BCUT2D eigenvalue weighted by Gasteiger charge is -2.14. The first-order chi connectivity index (χ1) is 7.88. The molecule has 0 saturated heterocycles. The fourth-order valence-corrected chi connectivity index (χ4v) is 1.24. The van der Waals surface area contributed by atoms with Gasteiger partial charge < -0.3 is 4.74 Å². The molecule has 0 aliphatic carbocycles. The predicted octanol–water partition coefficient (Wildman–Crippen LogP) is 2.02. The fraction of sp³-hybridized carbons (Fsp3) is 0.273. The average molecular weight is 246 g/mol. The number of Topliss-reactive ketones (excluding diaryl/α,β-unsaturated/α-hetero) is 2. The van der Waals surface area contributed by atoms with Crippen molar-refractivity contribution in [3.63, 3.8) is 0 Å². The number of rotatable bonds is 4. The number of carbonyl (C=O) groups excluding carboxylic acids is 2. The lowest BCUT2D eigenvalue weighted by Crippen LogP contribution is -2.41. The second kappa shape index (κ2) is 5.09. The van der Waals surface area contributed by atoms with Crippen molar-refractivity contribution in [3.8, 4) is 0 Å². The van der Waals surface area contributed by atoms with Gasteiger partial charge in [0.05, 0.1) is 0 Å². The SMILES string of the molecule is COC(C(=O)c1ccccc1)C(=O)C(F)(F)F. The van der Waals surface area contributed by atoms with Crippen LogP contribution in [0.1, 0.15) is 10.4 Å². The van der Waals surface area contributed by atoms with E-state index in [0.717, 1.165) is 7.11 Å². The fourth-order valence-electron chi connectivity index (χ4n) is 1.24. The molecule has 0 aromatic heterocycles. The first-order valence-corrected chi connectivity index (χ1v) is 4.61. The van der Waals surface area contributed by atoms with Crippen LogP contribution in [0.15, 0.2) is 30.3 Å². The molecule has 0 bridgehead atoms. The van der Waals surface area contributed by atoms with Crippen molar-refractivity contribution in [2.24, 2.45) is 0 Å². The van der Waals surface area contributed by atoms with E-state index in [2.05, 4.69) is 4.74 Å². The van der Waals surface area contributed by atoms with E-state index in [1.807, 2.05) is 0 Å². The van der Waals surface area contributed by atoms with Crippen molar-refractivity contribution in [2.45, 2.75) is 12.3 Å². The molecule has 0 fully saturated rings. The van der Waals surface area contributed by atoms with Crippen LogP contribution >= 0.6 is 0 Å². The highest BCUT2D eigenvalue weighted by Gasteiger charge is 2.46. The molecule has 0 aliphatic heterocycles. The van der Waals surface area contributed by atoms with E-state index >= 15 is 0 Å². The first-order valence-electron chi connectivity index (χ1n) is 4.61. The van der Waals surface area contributed by atoms with Gasteiger partial charge in [-0.2, -0.15) is 13.2 Å². The third kappa shape index (κ3) is 3.13. The lowest BCUT2D eigenvalue weighted by atomic mass is 10.0. The highest BCUT2D eigenvalue weighted by Crippen LogP contribution is 2.21. The van der Waals surface area contributed by atoms with Gasteiger partial charge in [-0.15, -0.1) is 0 Å². The molecular weight excluding hydrogens is 237 g/mol. The molecule has 0 amide bonds. The minimum Gasteiger partial charge on any atom is -0.365 e. The van der Waals surface area contributed by atoms with E-state index in [0.29, 0.717) is 0 Å². The molecule has 6 heteroatoms. The zero-order chi connectivity index (χ0) is 13.1. The summed E-state index contributed by atoms with van der Waals surface area (Å²) in [5.41, 5.74) is -0.00282. The molecule has 1 rings (SSSR count). The molecular formula is C11H9F3O3. The molecule has 0 radical (unpaired) electrons. The third-order valence-electron chi connectivity index (χ3n) is 2.05. The molecule has 1 unspecified atom stereocenters. The van der Waals surface area contributed by atoms with Crippen molar-refractivity contribution >= 4 is 11.6 Å². The Labute approximate surface area is 95.2 Å². The Bertz CT molecular complexity index is 412. The molecule has 1 aromatic rings. The second-order valence-corrected chi connectivity index (χ2v) is 3.21. The van der Waals surface area contributed by atoms with Gasteiger partial charge in [-0.1, -0.05) is 30.3 Å². The van der Waals surface area contributed by atoms with E-state index in [1.54, 1.807) is 6.07 Å². The van der Waals surface area contributed by atoms with Crippen LogP contribution in [0.5, 0.6) is 0 Å². The standard InChI is InChI=1S/C11H9F3O3/c1-17-9(10(16)11(12,13)14)8(15)7-5-3-2-4-6-7/h2-6,9H,1H3. The Morgan fingerprint density at radius 1 is 1.18 bits per heavy atom. The van der Waals surface area contributed by atoms with Crippen molar-refractivity contribution in [1.29, 1.82) is 0 Å². The number of carbonyl (C=O) groups is 2. The molecule has 1 atom stereocenters. The summed E-state index contributed by atoms with van der Waals surface area (Å²) in [7, 11) is 0.884. The van der Waals surface area contributed by atoms with Crippen molar-refractivity contribution in [2.75, 3.05) is 7.11 Å². The van der Waals surface area contributed by atoms with E-state index in [1.165, 1.54) is 24.3 Å². The molecule has 0 heterocycles. The Morgan fingerprint density at radius 2 is 1.71 bits per heavy atom. The van der Waals surface area contributed by atoms with E-state index < -0.39 is 23.8 Å². The highest BCUT2D eigenvalue weighted by molar-refractivity contribution is 6.14. The van der Waals surface area contributed by atoms with Crippen LogP contribution in [0.4, 0.5) is 13.2 Å². The van der Waals surface area contributed by atoms with Gasteiger partial charge in [-0.05, 0) is 0 Å². The van der Waals surface area contributed by atoms with Crippen molar-refractivity contribution < 1.29 is 27.5 Å². The van der Waals surface area contributed by atoms with Gasteiger partial charge in [0.25, 0.3) is 5.78 Å².